The third-order valence-electron chi connectivity index (χ3n) is 3.25. The molecule has 1 aliphatic heterocycles. The first-order chi connectivity index (χ1) is 8.74. The minimum absolute atomic E-state index is 0.158. The smallest absolute Gasteiger partial charge is 0.170 e. The van der Waals surface area contributed by atoms with Gasteiger partial charge in [0.05, 0.1) is 12.0 Å². The Morgan fingerprint density at radius 2 is 1.89 bits per heavy atom. The molecule has 18 heavy (non-hydrogen) atoms. The van der Waals surface area contributed by atoms with Crippen molar-refractivity contribution in [3.63, 3.8) is 0 Å². The largest absolute Gasteiger partial charge is 0.484 e. The van der Waals surface area contributed by atoms with E-state index in [2.05, 4.69) is 0 Å². The SMILES string of the molecule is Cc1ccc2c(c1)C(=O)C[C@@H](c1ccccc1)O2. The van der Waals surface area contributed by atoms with Crippen molar-refractivity contribution in [1.29, 1.82) is 0 Å². The molecule has 0 unspecified atom stereocenters. The van der Waals surface area contributed by atoms with Gasteiger partial charge in [-0.25, -0.2) is 0 Å². The number of Topliss-reactive ketones (excluding diaryl/α,β-unsaturated/α-hetero) is 1. The highest BCUT2D eigenvalue weighted by Crippen LogP contribution is 2.35. The van der Waals surface area contributed by atoms with Gasteiger partial charge in [-0.2, -0.15) is 0 Å². The Labute approximate surface area is 106 Å². The molecule has 0 saturated carbocycles. The van der Waals surface area contributed by atoms with Gasteiger partial charge in [0, 0.05) is 0 Å². The lowest BCUT2D eigenvalue weighted by molar-refractivity contribution is 0.0850. The minimum atomic E-state index is -0.158. The molecule has 0 radical (unpaired) electrons. The van der Waals surface area contributed by atoms with Crippen LogP contribution in [0, 0.1) is 6.92 Å². The zero-order chi connectivity index (χ0) is 12.5. The third-order valence-corrected chi connectivity index (χ3v) is 3.25. The van der Waals surface area contributed by atoms with Gasteiger partial charge in [-0.15, -0.1) is 0 Å². The van der Waals surface area contributed by atoms with Gasteiger partial charge in [0.15, 0.2) is 5.78 Å². The zero-order valence-electron chi connectivity index (χ0n) is 10.2. The van der Waals surface area contributed by atoms with Gasteiger partial charge in [-0.1, -0.05) is 42.0 Å². The maximum absolute atomic E-state index is 12.1. The highest BCUT2D eigenvalue weighted by Gasteiger charge is 2.27. The fraction of sp³-hybridized carbons (Fsp3) is 0.188. The summed E-state index contributed by atoms with van der Waals surface area (Å²) in [6.45, 7) is 1.98. The van der Waals surface area contributed by atoms with Crippen LogP contribution in [0.2, 0.25) is 0 Å². The first-order valence-electron chi connectivity index (χ1n) is 6.09. The molecule has 1 atom stereocenters. The van der Waals surface area contributed by atoms with E-state index in [-0.39, 0.29) is 11.9 Å². The van der Waals surface area contributed by atoms with Crippen LogP contribution in [0.3, 0.4) is 0 Å². The second kappa shape index (κ2) is 4.30. The lowest BCUT2D eigenvalue weighted by Crippen LogP contribution is -2.20. The summed E-state index contributed by atoms with van der Waals surface area (Å²) < 4.78 is 5.92. The lowest BCUT2D eigenvalue weighted by Gasteiger charge is -2.25. The van der Waals surface area contributed by atoms with Crippen LogP contribution in [0.4, 0.5) is 0 Å². The molecule has 0 aromatic heterocycles. The Bertz CT molecular complexity index is 587. The molecule has 2 heteroatoms. The molecule has 0 bridgehead atoms. The van der Waals surface area contributed by atoms with Crippen molar-refractivity contribution in [1.82, 2.24) is 0 Å². The number of hydrogen-bond donors (Lipinski definition) is 0. The van der Waals surface area contributed by atoms with Crippen LogP contribution in [-0.4, -0.2) is 5.78 Å². The predicted molar refractivity (Wildman–Crippen MR) is 69.9 cm³/mol. The molecule has 0 saturated heterocycles. The molecule has 0 fully saturated rings. The van der Waals surface area contributed by atoms with Crippen LogP contribution in [0.1, 0.15) is 34.0 Å². The molecule has 0 N–H and O–H groups in total. The van der Waals surface area contributed by atoms with Gasteiger partial charge < -0.3 is 4.74 Å². The first-order valence-corrected chi connectivity index (χ1v) is 6.09. The molecule has 1 aliphatic rings. The Morgan fingerprint density at radius 3 is 2.67 bits per heavy atom. The number of rotatable bonds is 1. The number of ketones is 1. The van der Waals surface area contributed by atoms with Gasteiger partial charge in [-0.3, -0.25) is 4.79 Å². The highest BCUT2D eigenvalue weighted by atomic mass is 16.5. The van der Waals surface area contributed by atoms with Crippen molar-refractivity contribution in [2.45, 2.75) is 19.4 Å². The van der Waals surface area contributed by atoms with E-state index in [1.165, 1.54) is 0 Å². The highest BCUT2D eigenvalue weighted by molar-refractivity contribution is 6.00. The number of carbonyl (C=O) groups excluding carboxylic acids is 1. The summed E-state index contributed by atoms with van der Waals surface area (Å²) in [5.41, 5.74) is 2.85. The number of hydrogen-bond acceptors (Lipinski definition) is 2. The van der Waals surface area contributed by atoms with Crippen LogP contribution >= 0.6 is 0 Å². The average Bonchev–Trinajstić information content (AvgIpc) is 2.40. The average molecular weight is 238 g/mol. The summed E-state index contributed by atoms with van der Waals surface area (Å²) in [5.74, 6) is 0.861. The van der Waals surface area contributed by atoms with Gasteiger partial charge >= 0.3 is 0 Å². The zero-order valence-corrected chi connectivity index (χ0v) is 10.2. The van der Waals surface area contributed by atoms with Gasteiger partial charge in [0.25, 0.3) is 0 Å². The van der Waals surface area contributed by atoms with Crippen LogP contribution in [0.5, 0.6) is 5.75 Å². The molecule has 0 amide bonds. The fourth-order valence-electron chi connectivity index (χ4n) is 2.29. The fourth-order valence-corrected chi connectivity index (χ4v) is 2.29. The summed E-state index contributed by atoms with van der Waals surface area (Å²) in [5, 5.41) is 0. The number of benzene rings is 2. The second-order valence-electron chi connectivity index (χ2n) is 4.64. The summed E-state index contributed by atoms with van der Waals surface area (Å²) >= 11 is 0. The van der Waals surface area contributed by atoms with Crippen molar-refractivity contribution in [3.8, 4) is 5.75 Å². The van der Waals surface area contributed by atoms with E-state index in [1.54, 1.807) is 0 Å². The number of fused-ring (bicyclic) bond motifs is 1. The quantitative estimate of drug-likeness (QED) is 0.757. The van der Waals surface area contributed by atoms with Gasteiger partial charge in [-0.05, 0) is 24.6 Å². The van der Waals surface area contributed by atoms with Crippen molar-refractivity contribution in [2.24, 2.45) is 0 Å². The Kier molecular flexibility index (Phi) is 2.63. The monoisotopic (exact) mass is 238 g/mol. The molecule has 2 aromatic rings. The maximum Gasteiger partial charge on any atom is 0.170 e. The molecule has 1 heterocycles. The Hall–Kier alpha value is -2.09. The number of ether oxygens (including phenoxy) is 1. The Balaban J connectivity index is 1.97. The van der Waals surface area contributed by atoms with E-state index >= 15 is 0 Å². The molecule has 0 aliphatic carbocycles. The van der Waals surface area contributed by atoms with E-state index < -0.39 is 0 Å². The third kappa shape index (κ3) is 1.90. The summed E-state index contributed by atoms with van der Waals surface area (Å²) in [7, 11) is 0. The topological polar surface area (TPSA) is 26.3 Å². The Morgan fingerprint density at radius 1 is 1.11 bits per heavy atom. The van der Waals surface area contributed by atoms with E-state index in [4.69, 9.17) is 4.74 Å². The van der Waals surface area contributed by atoms with Crippen LogP contribution in [0.25, 0.3) is 0 Å². The molecular weight excluding hydrogens is 224 g/mol. The summed E-state index contributed by atoms with van der Waals surface area (Å²) in [6, 6.07) is 15.7. The van der Waals surface area contributed by atoms with Crippen molar-refractivity contribution in [2.75, 3.05) is 0 Å². The van der Waals surface area contributed by atoms with E-state index in [9.17, 15) is 4.79 Å². The molecule has 2 nitrogen and oxygen atoms in total. The standard InChI is InChI=1S/C16H14O2/c1-11-7-8-15-13(9-11)14(17)10-16(18-15)12-5-3-2-4-6-12/h2-9,16H,10H2,1H3/t16-/m0/s1. The number of aryl methyl sites for hydroxylation is 1. The van der Waals surface area contributed by atoms with E-state index in [0.29, 0.717) is 17.7 Å². The molecule has 0 spiro atoms. The number of carbonyl (C=O) groups is 1. The van der Waals surface area contributed by atoms with Gasteiger partial charge in [0.1, 0.15) is 11.9 Å². The second-order valence-corrected chi connectivity index (χ2v) is 4.64. The normalized spacial score (nSPS) is 18.1. The summed E-state index contributed by atoms with van der Waals surface area (Å²) in [4.78, 5) is 12.1. The van der Waals surface area contributed by atoms with Crippen molar-refractivity contribution >= 4 is 5.78 Å². The van der Waals surface area contributed by atoms with Gasteiger partial charge in [0.2, 0.25) is 0 Å². The predicted octanol–water partition coefficient (Wildman–Crippen LogP) is 3.70. The van der Waals surface area contributed by atoms with E-state index in [1.807, 2.05) is 55.5 Å². The van der Waals surface area contributed by atoms with Crippen LogP contribution < -0.4 is 4.74 Å². The van der Waals surface area contributed by atoms with Crippen LogP contribution in [0.15, 0.2) is 48.5 Å². The maximum atomic E-state index is 12.1. The van der Waals surface area contributed by atoms with Crippen molar-refractivity contribution in [3.05, 3.63) is 65.2 Å². The lowest BCUT2D eigenvalue weighted by atomic mass is 9.95. The first kappa shape index (κ1) is 11.0. The van der Waals surface area contributed by atoms with Crippen molar-refractivity contribution < 1.29 is 9.53 Å². The van der Waals surface area contributed by atoms with E-state index in [0.717, 1.165) is 11.1 Å². The molecule has 3 rings (SSSR count). The summed E-state index contributed by atoms with van der Waals surface area (Å²) in [6.07, 6.45) is 0.259. The molecule has 90 valence electrons. The molecular formula is C16H14O2. The molecule has 2 aromatic carbocycles. The van der Waals surface area contributed by atoms with Crippen LogP contribution in [-0.2, 0) is 0 Å². The minimum Gasteiger partial charge on any atom is -0.484 e.